The molecule has 7 heteroatoms. The average molecular weight is 294 g/mol. The maximum absolute atomic E-state index is 12.2. The molecule has 0 radical (unpaired) electrons. The molecule has 7 nitrogen and oxygen atoms in total. The van der Waals surface area contributed by atoms with Crippen LogP contribution in [0.3, 0.4) is 0 Å². The van der Waals surface area contributed by atoms with Gasteiger partial charge in [0.05, 0.1) is 17.9 Å². The zero-order valence-corrected chi connectivity index (χ0v) is 12.0. The fourth-order valence-electron chi connectivity index (χ4n) is 2.04. The Balaban J connectivity index is 1.71. The van der Waals surface area contributed by atoms with Gasteiger partial charge in [-0.15, -0.1) is 5.10 Å². The van der Waals surface area contributed by atoms with E-state index in [0.29, 0.717) is 12.1 Å². The second kappa shape index (κ2) is 6.13. The first-order valence-electron chi connectivity index (χ1n) is 6.76. The van der Waals surface area contributed by atoms with Gasteiger partial charge in [-0.25, -0.2) is 4.68 Å². The summed E-state index contributed by atoms with van der Waals surface area (Å²) in [7, 11) is 0. The Morgan fingerprint density at radius 3 is 2.86 bits per heavy atom. The maximum atomic E-state index is 12.2. The number of pyridine rings is 1. The van der Waals surface area contributed by atoms with Crippen molar-refractivity contribution in [3.8, 4) is 5.69 Å². The van der Waals surface area contributed by atoms with Crippen LogP contribution < -0.4 is 5.32 Å². The minimum Gasteiger partial charge on any atom is -0.346 e. The van der Waals surface area contributed by atoms with Crippen molar-refractivity contribution in [3.63, 3.8) is 0 Å². The predicted octanol–water partition coefficient (Wildman–Crippen LogP) is 1.30. The van der Waals surface area contributed by atoms with Crippen LogP contribution in [0.4, 0.5) is 0 Å². The van der Waals surface area contributed by atoms with Crippen LogP contribution in [0.5, 0.6) is 0 Å². The Hall–Kier alpha value is -3.09. The Kier molecular flexibility index (Phi) is 3.86. The summed E-state index contributed by atoms with van der Waals surface area (Å²) < 4.78 is 1.50. The van der Waals surface area contributed by atoms with E-state index in [4.69, 9.17) is 0 Å². The first-order chi connectivity index (χ1) is 10.7. The van der Waals surface area contributed by atoms with E-state index in [2.05, 4.69) is 25.8 Å². The molecule has 0 spiro atoms. The normalized spacial score (nSPS) is 10.4. The second-order valence-electron chi connectivity index (χ2n) is 4.76. The highest BCUT2D eigenvalue weighted by atomic mass is 16.1. The van der Waals surface area contributed by atoms with Crippen LogP contribution in [-0.2, 0) is 6.54 Å². The summed E-state index contributed by atoms with van der Waals surface area (Å²) in [5.41, 5.74) is 3.02. The number of carbonyl (C=O) groups is 1. The second-order valence-corrected chi connectivity index (χ2v) is 4.76. The minimum absolute atomic E-state index is 0.168. The van der Waals surface area contributed by atoms with Crippen LogP contribution in [-0.4, -0.2) is 31.1 Å². The van der Waals surface area contributed by atoms with Gasteiger partial charge in [0, 0.05) is 11.3 Å². The van der Waals surface area contributed by atoms with Crippen LogP contribution >= 0.6 is 0 Å². The highest BCUT2D eigenvalue weighted by Gasteiger charge is 2.08. The van der Waals surface area contributed by atoms with E-state index in [1.165, 1.54) is 11.0 Å². The summed E-state index contributed by atoms with van der Waals surface area (Å²) in [5, 5.41) is 13.8. The molecular formula is C15H14N6O. The van der Waals surface area contributed by atoms with Crippen LogP contribution in [0.1, 0.15) is 21.7 Å². The van der Waals surface area contributed by atoms with Gasteiger partial charge in [0.1, 0.15) is 6.33 Å². The third-order valence-electron chi connectivity index (χ3n) is 3.10. The molecule has 2 aromatic heterocycles. The number of benzene rings is 1. The molecule has 3 aromatic rings. The number of hydrogen-bond donors (Lipinski definition) is 1. The zero-order valence-electron chi connectivity index (χ0n) is 12.0. The summed E-state index contributed by atoms with van der Waals surface area (Å²) in [6.07, 6.45) is 1.48. The lowest BCUT2D eigenvalue weighted by Gasteiger charge is -2.07. The van der Waals surface area contributed by atoms with Gasteiger partial charge >= 0.3 is 0 Å². The molecule has 0 bridgehead atoms. The number of aromatic nitrogens is 5. The molecule has 110 valence electrons. The molecule has 0 aliphatic rings. The van der Waals surface area contributed by atoms with E-state index in [1.54, 1.807) is 18.2 Å². The smallest absolute Gasteiger partial charge is 0.251 e. The molecule has 1 aromatic carbocycles. The highest BCUT2D eigenvalue weighted by molar-refractivity contribution is 5.94. The van der Waals surface area contributed by atoms with Crippen molar-refractivity contribution in [1.82, 2.24) is 30.5 Å². The lowest BCUT2D eigenvalue weighted by atomic mass is 10.2. The SMILES string of the molecule is Cc1cccc(CNC(=O)c2cccc(-n3cnnn3)c2)n1. The number of amides is 1. The molecule has 22 heavy (non-hydrogen) atoms. The van der Waals surface area contributed by atoms with Gasteiger partial charge in [0.15, 0.2) is 0 Å². The number of aryl methyl sites for hydroxylation is 1. The third-order valence-corrected chi connectivity index (χ3v) is 3.10. The van der Waals surface area contributed by atoms with Crippen LogP contribution in [0.15, 0.2) is 48.8 Å². The van der Waals surface area contributed by atoms with Crippen molar-refractivity contribution in [2.45, 2.75) is 13.5 Å². The van der Waals surface area contributed by atoms with Gasteiger partial charge in [0.2, 0.25) is 0 Å². The molecule has 1 amide bonds. The Morgan fingerprint density at radius 2 is 2.09 bits per heavy atom. The van der Waals surface area contributed by atoms with Gasteiger partial charge in [-0.1, -0.05) is 12.1 Å². The predicted molar refractivity (Wildman–Crippen MR) is 79.3 cm³/mol. The highest BCUT2D eigenvalue weighted by Crippen LogP contribution is 2.09. The van der Waals surface area contributed by atoms with Crippen LogP contribution in [0.2, 0.25) is 0 Å². The van der Waals surface area contributed by atoms with Gasteiger partial charge in [-0.3, -0.25) is 9.78 Å². The molecule has 0 unspecified atom stereocenters. The summed E-state index contributed by atoms with van der Waals surface area (Å²) >= 11 is 0. The van der Waals surface area contributed by atoms with Crippen molar-refractivity contribution < 1.29 is 4.79 Å². The molecule has 1 N–H and O–H groups in total. The molecule has 0 atom stereocenters. The zero-order chi connectivity index (χ0) is 15.4. The van der Waals surface area contributed by atoms with E-state index in [-0.39, 0.29) is 5.91 Å². The Labute approximate surface area is 127 Å². The first kappa shape index (κ1) is 13.9. The minimum atomic E-state index is -0.168. The molecule has 0 aliphatic heterocycles. The number of nitrogens with one attached hydrogen (secondary N) is 1. The average Bonchev–Trinajstić information content (AvgIpc) is 3.07. The summed E-state index contributed by atoms with van der Waals surface area (Å²) in [5.74, 6) is -0.168. The van der Waals surface area contributed by atoms with Crippen molar-refractivity contribution >= 4 is 5.91 Å². The number of tetrazole rings is 1. The van der Waals surface area contributed by atoms with E-state index < -0.39 is 0 Å². The van der Waals surface area contributed by atoms with Crippen molar-refractivity contribution in [3.05, 3.63) is 65.7 Å². The Morgan fingerprint density at radius 1 is 1.23 bits per heavy atom. The van der Waals surface area contributed by atoms with Gasteiger partial charge in [-0.2, -0.15) is 0 Å². The van der Waals surface area contributed by atoms with Crippen LogP contribution in [0.25, 0.3) is 5.69 Å². The molecular weight excluding hydrogens is 280 g/mol. The first-order valence-corrected chi connectivity index (χ1v) is 6.76. The van der Waals surface area contributed by atoms with Crippen molar-refractivity contribution in [2.75, 3.05) is 0 Å². The van der Waals surface area contributed by atoms with Gasteiger partial charge < -0.3 is 5.32 Å². The standard InChI is InChI=1S/C15H14N6O/c1-11-4-2-6-13(18-11)9-16-15(22)12-5-3-7-14(8-12)21-10-17-19-20-21/h2-8,10H,9H2,1H3,(H,16,22). The molecule has 0 saturated carbocycles. The number of rotatable bonds is 4. The Bertz CT molecular complexity index is 784. The monoisotopic (exact) mass is 294 g/mol. The number of carbonyl (C=O) groups excluding carboxylic acids is 1. The largest absolute Gasteiger partial charge is 0.346 e. The molecule has 3 rings (SSSR count). The third kappa shape index (κ3) is 3.14. The van der Waals surface area contributed by atoms with E-state index in [9.17, 15) is 4.79 Å². The van der Waals surface area contributed by atoms with E-state index in [0.717, 1.165) is 17.1 Å². The van der Waals surface area contributed by atoms with Crippen LogP contribution in [0, 0.1) is 6.92 Å². The number of nitrogens with zero attached hydrogens (tertiary/aromatic N) is 5. The fourth-order valence-corrected chi connectivity index (χ4v) is 2.04. The topological polar surface area (TPSA) is 85.6 Å². The molecule has 0 saturated heterocycles. The lowest BCUT2D eigenvalue weighted by Crippen LogP contribution is -2.23. The van der Waals surface area contributed by atoms with E-state index >= 15 is 0 Å². The summed E-state index contributed by atoms with van der Waals surface area (Å²) in [6, 6.07) is 12.8. The molecule has 2 heterocycles. The van der Waals surface area contributed by atoms with Gasteiger partial charge in [-0.05, 0) is 47.7 Å². The number of hydrogen-bond acceptors (Lipinski definition) is 5. The van der Waals surface area contributed by atoms with Crippen molar-refractivity contribution in [2.24, 2.45) is 0 Å². The molecule has 0 aliphatic carbocycles. The quantitative estimate of drug-likeness (QED) is 0.783. The fraction of sp³-hybridized carbons (Fsp3) is 0.133. The lowest BCUT2D eigenvalue weighted by molar-refractivity contribution is 0.0950. The van der Waals surface area contributed by atoms with E-state index in [1.807, 2.05) is 31.2 Å². The summed E-state index contributed by atoms with van der Waals surface area (Å²) in [6.45, 7) is 2.30. The van der Waals surface area contributed by atoms with Gasteiger partial charge in [0.25, 0.3) is 5.91 Å². The van der Waals surface area contributed by atoms with Crippen molar-refractivity contribution in [1.29, 1.82) is 0 Å². The summed E-state index contributed by atoms with van der Waals surface area (Å²) in [4.78, 5) is 16.6. The maximum Gasteiger partial charge on any atom is 0.251 e. The molecule has 0 fully saturated rings.